The number of aromatic nitrogens is 2. The number of hydrogen-bond donors (Lipinski definition) is 1. The van der Waals surface area contributed by atoms with Gasteiger partial charge in [-0.15, -0.1) is 0 Å². The van der Waals surface area contributed by atoms with Crippen LogP contribution in [-0.4, -0.2) is 46.0 Å². The van der Waals surface area contributed by atoms with Crippen LogP contribution in [0.1, 0.15) is 5.56 Å². The molecule has 9 heteroatoms. The molecule has 1 N–H and O–H groups in total. The monoisotopic (exact) mass is 468 g/mol. The van der Waals surface area contributed by atoms with E-state index < -0.39 is 4.92 Å². The predicted molar refractivity (Wildman–Crippen MR) is 120 cm³/mol. The number of piperazine rings is 1. The van der Waals surface area contributed by atoms with E-state index in [9.17, 15) is 10.1 Å². The number of nitro groups is 1. The minimum Gasteiger partial charge on any atom is -0.348 e. The minimum absolute atomic E-state index is 0.107. The van der Waals surface area contributed by atoms with E-state index in [2.05, 4.69) is 48.2 Å². The highest BCUT2D eigenvalue weighted by atomic mass is 79.9. The molecule has 1 fully saturated rings. The lowest BCUT2D eigenvalue weighted by atomic mass is 10.2. The summed E-state index contributed by atoms with van der Waals surface area (Å²) in [6, 6.07) is 17.7. The Morgan fingerprint density at radius 2 is 1.70 bits per heavy atom. The average Bonchev–Trinajstić information content (AvgIpc) is 2.76. The predicted octanol–water partition coefficient (Wildman–Crippen LogP) is 4.21. The van der Waals surface area contributed by atoms with Gasteiger partial charge < -0.3 is 10.2 Å². The third-order valence-corrected chi connectivity index (χ3v) is 5.72. The fourth-order valence-corrected chi connectivity index (χ4v) is 3.89. The fourth-order valence-electron chi connectivity index (χ4n) is 3.51. The molecule has 0 spiro atoms. The molecule has 1 aromatic heterocycles. The standard InChI is InChI=1S/C21H21BrN6O2/c22-17-8-4-5-9-18(17)25-20-19(28(29)30)21(24-15-23-20)27-12-10-26(11-13-27)14-16-6-2-1-3-7-16/h1-9,15H,10-14H2,(H,23,24,25). The van der Waals surface area contributed by atoms with Gasteiger partial charge in [-0.1, -0.05) is 42.5 Å². The average molecular weight is 469 g/mol. The van der Waals surface area contributed by atoms with Crippen molar-refractivity contribution < 1.29 is 4.92 Å². The van der Waals surface area contributed by atoms with E-state index in [1.165, 1.54) is 11.9 Å². The minimum atomic E-state index is -0.412. The summed E-state index contributed by atoms with van der Waals surface area (Å²) in [5, 5.41) is 15.0. The number of benzene rings is 2. The van der Waals surface area contributed by atoms with Crippen molar-refractivity contribution in [2.24, 2.45) is 0 Å². The van der Waals surface area contributed by atoms with Gasteiger partial charge in [0.1, 0.15) is 6.33 Å². The summed E-state index contributed by atoms with van der Waals surface area (Å²) in [7, 11) is 0. The highest BCUT2D eigenvalue weighted by molar-refractivity contribution is 9.10. The molecule has 0 bridgehead atoms. The normalized spacial score (nSPS) is 14.5. The molecule has 1 aliphatic heterocycles. The topological polar surface area (TPSA) is 87.4 Å². The number of anilines is 3. The van der Waals surface area contributed by atoms with Crippen LogP contribution in [0.15, 0.2) is 65.4 Å². The molecule has 154 valence electrons. The SMILES string of the molecule is O=[N+]([O-])c1c(Nc2ccccc2Br)ncnc1N1CCN(Cc2ccccc2)CC1. The Morgan fingerprint density at radius 3 is 2.40 bits per heavy atom. The quantitative estimate of drug-likeness (QED) is 0.428. The molecule has 1 saturated heterocycles. The number of para-hydroxylation sites is 1. The first-order valence-corrected chi connectivity index (χ1v) is 10.4. The molecule has 4 rings (SSSR count). The molecule has 0 unspecified atom stereocenters. The van der Waals surface area contributed by atoms with Gasteiger partial charge >= 0.3 is 5.69 Å². The van der Waals surface area contributed by atoms with Crippen molar-refractivity contribution in [1.82, 2.24) is 14.9 Å². The Hall–Kier alpha value is -3.04. The van der Waals surface area contributed by atoms with Crippen LogP contribution in [0.5, 0.6) is 0 Å². The summed E-state index contributed by atoms with van der Waals surface area (Å²) in [5.74, 6) is 0.535. The van der Waals surface area contributed by atoms with Crippen molar-refractivity contribution in [3.8, 4) is 0 Å². The largest absolute Gasteiger partial charge is 0.353 e. The maximum Gasteiger partial charge on any atom is 0.353 e. The van der Waals surface area contributed by atoms with E-state index in [0.717, 1.165) is 24.1 Å². The molecule has 30 heavy (non-hydrogen) atoms. The smallest absolute Gasteiger partial charge is 0.348 e. The third kappa shape index (κ3) is 4.58. The van der Waals surface area contributed by atoms with Crippen LogP contribution < -0.4 is 10.2 Å². The van der Waals surface area contributed by atoms with Crippen LogP contribution >= 0.6 is 15.9 Å². The molecule has 0 amide bonds. The third-order valence-electron chi connectivity index (χ3n) is 5.03. The Labute approximate surface area is 182 Å². The van der Waals surface area contributed by atoms with Crippen LogP contribution in [0.2, 0.25) is 0 Å². The van der Waals surface area contributed by atoms with Gasteiger partial charge in [0, 0.05) is 37.2 Å². The molecule has 2 heterocycles. The first-order valence-electron chi connectivity index (χ1n) is 9.64. The maximum atomic E-state index is 11.9. The molecule has 0 radical (unpaired) electrons. The number of nitrogens with one attached hydrogen (secondary N) is 1. The summed E-state index contributed by atoms with van der Waals surface area (Å²) in [4.78, 5) is 24.2. The van der Waals surface area contributed by atoms with Crippen molar-refractivity contribution in [3.05, 3.63) is 81.1 Å². The summed E-state index contributed by atoms with van der Waals surface area (Å²) in [5.41, 5.74) is 1.86. The zero-order chi connectivity index (χ0) is 20.9. The lowest BCUT2D eigenvalue weighted by Crippen LogP contribution is -2.46. The second-order valence-corrected chi connectivity index (χ2v) is 7.86. The number of halogens is 1. The van der Waals surface area contributed by atoms with Crippen LogP contribution in [0.3, 0.4) is 0 Å². The summed E-state index contributed by atoms with van der Waals surface area (Å²) in [6.45, 7) is 3.82. The molecule has 0 aliphatic carbocycles. The highest BCUT2D eigenvalue weighted by Crippen LogP contribution is 2.35. The summed E-state index contributed by atoms with van der Waals surface area (Å²) in [6.07, 6.45) is 1.37. The van der Waals surface area contributed by atoms with E-state index in [-0.39, 0.29) is 11.5 Å². The second-order valence-electron chi connectivity index (χ2n) is 7.01. The Balaban J connectivity index is 1.52. The van der Waals surface area contributed by atoms with Crippen molar-refractivity contribution in [2.75, 3.05) is 36.4 Å². The molecule has 0 saturated carbocycles. The molecule has 0 atom stereocenters. The second kappa shape index (κ2) is 9.19. The molecule has 1 aliphatic rings. The maximum absolute atomic E-state index is 11.9. The lowest BCUT2D eigenvalue weighted by molar-refractivity contribution is -0.383. The van der Waals surface area contributed by atoms with E-state index in [4.69, 9.17) is 0 Å². The first kappa shape index (κ1) is 20.2. The Kier molecular flexibility index (Phi) is 6.20. The van der Waals surface area contributed by atoms with Crippen molar-refractivity contribution in [3.63, 3.8) is 0 Å². The van der Waals surface area contributed by atoms with Gasteiger partial charge in [-0.3, -0.25) is 15.0 Å². The van der Waals surface area contributed by atoms with Gasteiger partial charge in [0.2, 0.25) is 11.6 Å². The Morgan fingerprint density at radius 1 is 1.00 bits per heavy atom. The van der Waals surface area contributed by atoms with E-state index in [0.29, 0.717) is 24.6 Å². The van der Waals surface area contributed by atoms with E-state index >= 15 is 0 Å². The summed E-state index contributed by atoms with van der Waals surface area (Å²) >= 11 is 3.45. The van der Waals surface area contributed by atoms with Gasteiger partial charge in [-0.25, -0.2) is 9.97 Å². The summed E-state index contributed by atoms with van der Waals surface area (Å²) < 4.78 is 0.800. The molecular formula is C21H21BrN6O2. The highest BCUT2D eigenvalue weighted by Gasteiger charge is 2.29. The van der Waals surface area contributed by atoms with Crippen LogP contribution in [-0.2, 0) is 6.54 Å². The molecule has 2 aromatic carbocycles. The first-order chi connectivity index (χ1) is 14.6. The molecular weight excluding hydrogens is 448 g/mol. The van der Waals surface area contributed by atoms with Crippen molar-refractivity contribution in [1.29, 1.82) is 0 Å². The zero-order valence-corrected chi connectivity index (χ0v) is 17.8. The van der Waals surface area contributed by atoms with Crippen LogP contribution in [0, 0.1) is 10.1 Å². The number of rotatable bonds is 6. The molecule has 3 aromatic rings. The number of hydrogen-bond acceptors (Lipinski definition) is 7. The molecule has 8 nitrogen and oxygen atoms in total. The van der Waals surface area contributed by atoms with Gasteiger partial charge in [0.15, 0.2) is 0 Å². The Bertz CT molecular complexity index is 1030. The van der Waals surface area contributed by atoms with Gasteiger partial charge in [-0.05, 0) is 33.6 Å². The van der Waals surface area contributed by atoms with E-state index in [1.54, 1.807) is 0 Å². The van der Waals surface area contributed by atoms with Crippen molar-refractivity contribution in [2.45, 2.75) is 6.54 Å². The van der Waals surface area contributed by atoms with Crippen LogP contribution in [0.25, 0.3) is 0 Å². The van der Waals surface area contributed by atoms with Crippen LogP contribution in [0.4, 0.5) is 23.0 Å². The van der Waals surface area contributed by atoms with E-state index in [1.807, 2.05) is 47.4 Å². The van der Waals surface area contributed by atoms with Crippen molar-refractivity contribution >= 4 is 38.9 Å². The van der Waals surface area contributed by atoms with Gasteiger partial charge in [0.05, 0.1) is 10.6 Å². The number of nitrogens with zero attached hydrogens (tertiary/aromatic N) is 5. The fraction of sp³-hybridized carbons (Fsp3) is 0.238. The van der Waals surface area contributed by atoms with Gasteiger partial charge in [-0.2, -0.15) is 0 Å². The lowest BCUT2D eigenvalue weighted by Gasteiger charge is -2.35. The van der Waals surface area contributed by atoms with Gasteiger partial charge in [0.25, 0.3) is 0 Å². The zero-order valence-electron chi connectivity index (χ0n) is 16.2.